The van der Waals surface area contributed by atoms with Crippen LogP contribution in [0.1, 0.15) is 31.0 Å². The predicted molar refractivity (Wildman–Crippen MR) is 84.4 cm³/mol. The molecular formula is C16H18N4O4. The van der Waals surface area contributed by atoms with E-state index in [4.69, 9.17) is 10.00 Å². The Labute approximate surface area is 139 Å². The van der Waals surface area contributed by atoms with Gasteiger partial charge in [-0.05, 0) is 32.0 Å². The minimum Gasteiger partial charge on any atom is -0.485 e. The predicted octanol–water partition coefficient (Wildman–Crippen LogP) is 1.11. The zero-order valence-electron chi connectivity index (χ0n) is 13.4. The van der Waals surface area contributed by atoms with Crippen molar-refractivity contribution in [3.63, 3.8) is 0 Å². The van der Waals surface area contributed by atoms with E-state index in [1.165, 1.54) is 0 Å². The summed E-state index contributed by atoms with van der Waals surface area (Å²) in [5.41, 5.74) is 0.230. The van der Waals surface area contributed by atoms with Crippen molar-refractivity contribution in [1.82, 2.24) is 10.2 Å². The first-order chi connectivity index (χ1) is 11.3. The quantitative estimate of drug-likeness (QED) is 0.617. The first-order valence-electron chi connectivity index (χ1n) is 7.60. The van der Waals surface area contributed by atoms with Crippen LogP contribution in [0.25, 0.3) is 0 Å². The molecule has 1 aromatic carbocycles. The van der Waals surface area contributed by atoms with Crippen molar-refractivity contribution in [1.29, 1.82) is 5.26 Å². The molecule has 1 saturated heterocycles. The minimum absolute atomic E-state index is 0.343. The van der Waals surface area contributed by atoms with E-state index in [0.29, 0.717) is 35.8 Å². The Morgan fingerprint density at radius 1 is 1.58 bits per heavy atom. The van der Waals surface area contributed by atoms with Crippen LogP contribution in [0.4, 0.5) is 0 Å². The van der Waals surface area contributed by atoms with E-state index < -0.39 is 22.7 Å². The molecule has 8 nitrogen and oxygen atoms in total. The molecule has 2 aliphatic rings. The van der Waals surface area contributed by atoms with Gasteiger partial charge in [-0.1, -0.05) is 0 Å². The van der Waals surface area contributed by atoms with E-state index in [9.17, 15) is 15.2 Å². The van der Waals surface area contributed by atoms with Crippen molar-refractivity contribution in [2.45, 2.75) is 31.6 Å². The number of aliphatic hydroxyl groups excluding tert-OH is 1. The third-order valence-corrected chi connectivity index (χ3v) is 4.37. The second kappa shape index (κ2) is 5.69. The Morgan fingerprint density at radius 2 is 2.33 bits per heavy atom. The van der Waals surface area contributed by atoms with Crippen molar-refractivity contribution < 1.29 is 14.8 Å². The van der Waals surface area contributed by atoms with E-state index in [1.54, 1.807) is 36.9 Å². The maximum Gasteiger partial charge on any atom is 0.274 e. The highest BCUT2D eigenvalue weighted by Gasteiger charge is 2.47. The van der Waals surface area contributed by atoms with E-state index >= 15 is 0 Å². The molecule has 126 valence electrons. The van der Waals surface area contributed by atoms with Gasteiger partial charge in [0.1, 0.15) is 17.5 Å². The van der Waals surface area contributed by atoms with E-state index in [1.807, 2.05) is 0 Å². The largest absolute Gasteiger partial charge is 0.485 e. The lowest BCUT2D eigenvalue weighted by Crippen LogP contribution is -2.53. The summed E-state index contributed by atoms with van der Waals surface area (Å²) in [4.78, 5) is 12.1. The van der Waals surface area contributed by atoms with Gasteiger partial charge in [0, 0.05) is 18.7 Å². The Kier molecular flexibility index (Phi) is 3.81. The van der Waals surface area contributed by atoms with Crippen LogP contribution in [0.2, 0.25) is 0 Å². The highest BCUT2D eigenvalue weighted by Crippen LogP contribution is 2.44. The summed E-state index contributed by atoms with van der Waals surface area (Å²) in [6, 6.07) is 6.55. The van der Waals surface area contributed by atoms with Gasteiger partial charge in [-0.25, -0.2) is 0 Å². The smallest absolute Gasteiger partial charge is 0.274 e. The lowest BCUT2D eigenvalue weighted by atomic mass is 9.85. The van der Waals surface area contributed by atoms with Crippen LogP contribution in [0.5, 0.6) is 5.75 Å². The number of nitro groups is 1. The molecule has 0 amide bonds. The molecule has 24 heavy (non-hydrogen) atoms. The lowest BCUT2D eigenvalue weighted by Gasteiger charge is -2.45. The summed E-state index contributed by atoms with van der Waals surface area (Å²) in [6.07, 6.45) is -0.0234. The fourth-order valence-electron chi connectivity index (χ4n) is 3.21. The van der Waals surface area contributed by atoms with Crippen molar-refractivity contribution in [2.24, 2.45) is 0 Å². The number of hydrogen-bond donors (Lipinski definition) is 2. The van der Waals surface area contributed by atoms with E-state index in [0.717, 1.165) is 6.20 Å². The Morgan fingerprint density at radius 3 is 3.00 bits per heavy atom. The van der Waals surface area contributed by atoms with Gasteiger partial charge >= 0.3 is 0 Å². The standard InChI is InChI=1S/C16H18N4O4/c1-16(2)15(21)14(19-6-5-18-13(19)9-20(22)23)11-7-10(8-17)3-4-12(11)24-16/h3-4,7,9,14-15,18,21H,5-6H2,1-2H3. The van der Waals surface area contributed by atoms with Crippen LogP contribution in [0.3, 0.4) is 0 Å². The molecule has 3 rings (SSSR count). The van der Waals surface area contributed by atoms with Gasteiger partial charge in [0.15, 0.2) is 5.82 Å². The second-order valence-corrected chi connectivity index (χ2v) is 6.38. The molecule has 2 N–H and O–H groups in total. The van der Waals surface area contributed by atoms with Crippen LogP contribution >= 0.6 is 0 Å². The topological polar surface area (TPSA) is 112 Å². The number of nitrogens with one attached hydrogen (secondary N) is 1. The van der Waals surface area contributed by atoms with Gasteiger partial charge in [0.25, 0.3) is 6.20 Å². The highest BCUT2D eigenvalue weighted by atomic mass is 16.6. The molecule has 0 radical (unpaired) electrons. The van der Waals surface area contributed by atoms with Gasteiger partial charge in [-0.2, -0.15) is 5.26 Å². The molecule has 0 aromatic heterocycles. The molecule has 2 atom stereocenters. The summed E-state index contributed by atoms with van der Waals surface area (Å²) in [6.45, 7) is 4.59. The molecule has 8 heteroatoms. The third-order valence-electron chi connectivity index (χ3n) is 4.37. The normalized spacial score (nSPS) is 26.2. The van der Waals surface area contributed by atoms with Gasteiger partial charge in [0.05, 0.1) is 22.6 Å². The SMILES string of the molecule is CC1(C)Oc2ccc(C#N)cc2C(N2CCNC2=C[N+](=O)[O-])C1O. The number of aliphatic hydroxyl groups is 1. The molecule has 0 saturated carbocycles. The zero-order valence-corrected chi connectivity index (χ0v) is 13.4. The van der Waals surface area contributed by atoms with Crippen LogP contribution in [0.15, 0.2) is 30.2 Å². The second-order valence-electron chi connectivity index (χ2n) is 6.38. The molecule has 2 heterocycles. The lowest BCUT2D eigenvalue weighted by molar-refractivity contribution is -0.404. The zero-order chi connectivity index (χ0) is 17.5. The van der Waals surface area contributed by atoms with Gasteiger partial charge in [0.2, 0.25) is 0 Å². The van der Waals surface area contributed by atoms with Crippen molar-refractivity contribution in [3.05, 3.63) is 51.5 Å². The minimum atomic E-state index is -0.922. The van der Waals surface area contributed by atoms with Gasteiger partial charge in [-0.3, -0.25) is 10.1 Å². The van der Waals surface area contributed by atoms with Crippen molar-refractivity contribution >= 4 is 0 Å². The van der Waals surface area contributed by atoms with Gasteiger partial charge in [-0.15, -0.1) is 0 Å². The number of benzene rings is 1. The molecule has 1 fully saturated rings. The van der Waals surface area contributed by atoms with Crippen molar-refractivity contribution in [2.75, 3.05) is 13.1 Å². The first-order valence-corrected chi connectivity index (χ1v) is 7.60. The van der Waals surface area contributed by atoms with Crippen molar-refractivity contribution in [3.8, 4) is 11.8 Å². The fourth-order valence-corrected chi connectivity index (χ4v) is 3.21. The first kappa shape index (κ1) is 16.1. The van der Waals surface area contributed by atoms with Crippen LogP contribution in [-0.2, 0) is 0 Å². The molecule has 0 spiro atoms. The van der Waals surface area contributed by atoms with Gasteiger partial charge < -0.3 is 20.1 Å². The van der Waals surface area contributed by atoms with E-state index in [2.05, 4.69) is 11.4 Å². The monoisotopic (exact) mass is 330 g/mol. The van der Waals surface area contributed by atoms with Crippen LogP contribution in [0, 0.1) is 21.4 Å². The number of nitrogens with zero attached hydrogens (tertiary/aromatic N) is 3. The molecule has 0 bridgehead atoms. The number of ether oxygens (including phenoxy) is 1. The number of hydrogen-bond acceptors (Lipinski definition) is 7. The maximum absolute atomic E-state index is 10.9. The number of rotatable bonds is 2. The maximum atomic E-state index is 10.9. The summed E-state index contributed by atoms with van der Waals surface area (Å²) >= 11 is 0. The Bertz CT molecular complexity index is 753. The molecule has 1 aromatic rings. The number of fused-ring (bicyclic) bond motifs is 1. The Hall–Kier alpha value is -2.79. The summed E-state index contributed by atoms with van der Waals surface area (Å²) in [7, 11) is 0. The average molecular weight is 330 g/mol. The summed E-state index contributed by atoms with van der Waals surface area (Å²) in [5.74, 6) is 0.914. The fraction of sp³-hybridized carbons (Fsp3) is 0.438. The molecule has 0 aliphatic carbocycles. The highest BCUT2D eigenvalue weighted by molar-refractivity contribution is 5.47. The van der Waals surface area contributed by atoms with Crippen LogP contribution < -0.4 is 10.1 Å². The summed E-state index contributed by atoms with van der Waals surface area (Å²) < 4.78 is 5.88. The Balaban J connectivity index is 2.12. The molecule has 2 aliphatic heterocycles. The summed E-state index contributed by atoms with van der Waals surface area (Å²) in [5, 5.41) is 33.8. The third kappa shape index (κ3) is 2.63. The van der Waals surface area contributed by atoms with E-state index in [-0.39, 0.29) is 0 Å². The molecule has 2 unspecified atom stereocenters. The number of nitriles is 1. The molecular weight excluding hydrogens is 312 g/mol. The average Bonchev–Trinajstić information content (AvgIpc) is 2.95. The van der Waals surface area contributed by atoms with Crippen LogP contribution in [-0.4, -0.2) is 39.7 Å².